The van der Waals surface area contributed by atoms with Gasteiger partial charge in [-0.15, -0.1) is 0 Å². The van der Waals surface area contributed by atoms with Crippen LogP contribution in [0.1, 0.15) is 18.3 Å². The first-order valence-corrected chi connectivity index (χ1v) is 11.3. The van der Waals surface area contributed by atoms with Crippen LogP contribution in [0.5, 0.6) is 0 Å². The van der Waals surface area contributed by atoms with Gasteiger partial charge >= 0.3 is 5.63 Å². The zero-order valence-corrected chi connectivity index (χ0v) is 19.5. The number of piperazine rings is 1. The highest BCUT2D eigenvalue weighted by molar-refractivity contribution is 5.87. The molecule has 4 heterocycles. The van der Waals surface area contributed by atoms with E-state index in [0.29, 0.717) is 16.8 Å². The third kappa shape index (κ3) is 4.24. The SMILES string of the molecule is COC(C)CN1CCN(c2ccc3cc(-c4cn5cc(C)nc(C)c5n4)oc(=O)c3c2)CC1. The van der Waals surface area contributed by atoms with Gasteiger partial charge in [-0.1, -0.05) is 6.07 Å². The van der Waals surface area contributed by atoms with Gasteiger partial charge in [-0.2, -0.15) is 0 Å². The maximum absolute atomic E-state index is 12.9. The van der Waals surface area contributed by atoms with Crippen molar-refractivity contribution in [1.82, 2.24) is 19.3 Å². The molecule has 3 aromatic heterocycles. The van der Waals surface area contributed by atoms with Gasteiger partial charge in [0.15, 0.2) is 11.4 Å². The van der Waals surface area contributed by atoms with Crippen molar-refractivity contribution < 1.29 is 9.15 Å². The Morgan fingerprint density at radius 1 is 1.09 bits per heavy atom. The number of aryl methyl sites for hydroxylation is 2. The number of nitrogens with zero attached hydrogens (tertiary/aromatic N) is 5. The predicted octanol–water partition coefficient (Wildman–Crippen LogP) is 3.28. The summed E-state index contributed by atoms with van der Waals surface area (Å²) < 4.78 is 13.0. The molecular weight excluding hydrogens is 418 g/mol. The minimum absolute atomic E-state index is 0.230. The third-order valence-corrected chi connectivity index (χ3v) is 6.38. The molecule has 0 amide bonds. The number of ether oxygens (including phenoxy) is 1. The summed E-state index contributed by atoms with van der Waals surface area (Å²) in [5.41, 5.74) is 3.82. The summed E-state index contributed by atoms with van der Waals surface area (Å²) in [6.45, 7) is 10.7. The zero-order valence-electron chi connectivity index (χ0n) is 19.5. The molecule has 1 aliphatic rings. The minimum Gasteiger partial charge on any atom is -0.421 e. The summed E-state index contributed by atoms with van der Waals surface area (Å²) in [7, 11) is 1.75. The fourth-order valence-electron chi connectivity index (χ4n) is 4.55. The summed E-state index contributed by atoms with van der Waals surface area (Å²) in [4.78, 5) is 26.7. The van der Waals surface area contributed by atoms with Crippen LogP contribution in [-0.4, -0.2) is 65.2 Å². The van der Waals surface area contributed by atoms with Crippen molar-refractivity contribution in [3.63, 3.8) is 0 Å². The molecule has 4 aromatic rings. The number of aromatic nitrogens is 3. The van der Waals surface area contributed by atoms with E-state index in [-0.39, 0.29) is 11.7 Å². The van der Waals surface area contributed by atoms with Crippen molar-refractivity contribution in [2.45, 2.75) is 26.9 Å². The Balaban J connectivity index is 1.41. The fourth-order valence-corrected chi connectivity index (χ4v) is 4.55. The number of hydrogen-bond acceptors (Lipinski definition) is 7. The molecule has 1 aromatic carbocycles. The summed E-state index contributed by atoms with van der Waals surface area (Å²) in [6, 6.07) is 7.92. The molecular formula is C25H29N5O3. The van der Waals surface area contributed by atoms with E-state index in [1.54, 1.807) is 7.11 Å². The molecule has 172 valence electrons. The van der Waals surface area contributed by atoms with E-state index in [0.717, 1.165) is 60.8 Å². The van der Waals surface area contributed by atoms with E-state index >= 15 is 0 Å². The summed E-state index contributed by atoms with van der Waals surface area (Å²) in [6.07, 6.45) is 4.02. The average molecular weight is 448 g/mol. The van der Waals surface area contributed by atoms with Crippen LogP contribution in [0.25, 0.3) is 27.9 Å². The van der Waals surface area contributed by atoms with Crippen molar-refractivity contribution in [3.8, 4) is 11.5 Å². The van der Waals surface area contributed by atoms with Gasteiger partial charge in [0.2, 0.25) is 0 Å². The lowest BCUT2D eigenvalue weighted by Crippen LogP contribution is -2.48. The Bertz CT molecular complexity index is 1370. The van der Waals surface area contributed by atoms with Gasteiger partial charge in [0.1, 0.15) is 5.69 Å². The molecule has 0 aliphatic carbocycles. The Kier molecular flexibility index (Phi) is 5.64. The van der Waals surface area contributed by atoms with Crippen LogP contribution in [0.2, 0.25) is 0 Å². The maximum atomic E-state index is 12.9. The van der Waals surface area contributed by atoms with Gasteiger partial charge < -0.3 is 18.5 Å². The van der Waals surface area contributed by atoms with Crippen LogP contribution >= 0.6 is 0 Å². The number of methoxy groups -OCH3 is 1. The number of fused-ring (bicyclic) bond motifs is 2. The van der Waals surface area contributed by atoms with E-state index in [1.165, 1.54) is 0 Å². The van der Waals surface area contributed by atoms with Gasteiger partial charge in [0, 0.05) is 57.9 Å². The standard InChI is InChI=1S/C25H29N5O3/c1-16-13-30-15-22(27-24(30)18(3)26-16)23-11-19-5-6-20(12-21(19)25(31)33-23)29-9-7-28(8-10-29)14-17(2)32-4/h5-6,11-13,15,17H,7-10,14H2,1-4H3. The van der Waals surface area contributed by atoms with E-state index in [9.17, 15) is 4.79 Å². The highest BCUT2D eigenvalue weighted by Gasteiger charge is 2.20. The van der Waals surface area contributed by atoms with Crippen molar-refractivity contribution in [1.29, 1.82) is 0 Å². The number of imidazole rings is 1. The summed E-state index contributed by atoms with van der Waals surface area (Å²) in [5, 5.41) is 1.43. The van der Waals surface area contributed by atoms with Gasteiger partial charge in [-0.3, -0.25) is 9.88 Å². The van der Waals surface area contributed by atoms with E-state index < -0.39 is 0 Å². The smallest absolute Gasteiger partial charge is 0.344 e. The molecule has 0 saturated carbocycles. The number of benzene rings is 1. The molecule has 1 atom stereocenters. The Hall–Kier alpha value is -3.23. The van der Waals surface area contributed by atoms with E-state index in [1.807, 2.05) is 48.8 Å². The Morgan fingerprint density at radius 3 is 2.64 bits per heavy atom. The lowest BCUT2D eigenvalue weighted by molar-refractivity contribution is 0.0749. The molecule has 8 nitrogen and oxygen atoms in total. The first-order valence-electron chi connectivity index (χ1n) is 11.3. The van der Waals surface area contributed by atoms with Gasteiger partial charge in [-0.05, 0) is 44.4 Å². The monoisotopic (exact) mass is 447 g/mol. The van der Waals surface area contributed by atoms with Gasteiger partial charge in [0.25, 0.3) is 0 Å². The van der Waals surface area contributed by atoms with E-state index in [2.05, 4.69) is 32.8 Å². The number of rotatable bonds is 5. The molecule has 0 bridgehead atoms. The molecule has 0 N–H and O–H groups in total. The van der Waals surface area contributed by atoms with Crippen LogP contribution in [-0.2, 0) is 4.74 Å². The molecule has 1 unspecified atom stereocenters. The molecule has 0 radical (unpaired) electrons. The number of hydrogen-bond donors (Lipinski definition) is 0. The van der Waals surface area contributed by atoms with Gasteiger partial charge in [-0.25, -0.2) is 9.78 Å². The Labute approximate surface area is 192 Å². The molecule has 1 aliphatic heterocycles. The second-order valence-corrected chi connectivity index (χ2v) is 8.83. The first-order chi connectivity index (χ1) is 15.9. The van der Waals surface area contributed by atoms with Crippen LogP contribution in [0.15, 0.2) is 45.9 Å². The molecule has 5 rings (SSSR count). The quantitative estimate of drug-likeness (QED) is 0.465. The van der Waals surface area contributed by atoms with Crippen molar-refractivity contribution >= 4 is 22.1 Å². The zero-order chi connectivity index (χ0) is 23.1. The predicted molar refractivity (Wildman–Crippen MR) is 129 cm³/mol. The topological polar surface area (TPSA) is 76.1 Å². The summed E-state index contributed by atoms with van der Waals surface area (Å²) in [5.74, 6) is 0.460. The normalized spacial score (nSPS) is 16.1. The van der Waals surface area contributed by atoms with Crippen molar-refractivity contribution in [3.05, 3.63) is 58.5 Å². The van der Waals surface area contributed by atoms with Crippen molar-refractivity contribution in [2.24, 2.45) is 0 Å². The molecule has 33 heavy (non-hydrogen) atoms. The molecule has 8 heteroatoms. The average Bonchev–Trinajstić information content (AvgIpc) is 3.24. The lowest BCUT2D eigenvalue weighted by Gasteiger charge is -2.37. The highest BCUT2D eigenvalue weighted by atomic mass is 16.5. The van der Waals surface area contributed by atoms with Crippen LogP contribution in [0.4, 0.5) is 5.69 Å². The maximum Gasteiger partial charge on any atom is 0.344 e. The number of anilines is 1. The van der Waals surface area contributed by atoms with Gasteiger partial charge in [0.05, 0.1) is 22.9 Å². The van der Waals surface area contributed by atoms with E-state index in [4.69, 9.17) is 9.15 Å². The largest absolute Gasteiger partial charge is 0.421 e. The molecule has 1 fully saturated rings. The molecule has 0 spiro atoms. The second-order valence-electron chi connectivity index (χ2n) is 8.83. The molecule has 1 saturated heterocycles. The van der Waals surface area contributed by atoms with Crippen molar-refractivity contribution in [2.75, 3.05) is 44.7 Å². The highest BCUT2D eigenvalue weighted by Crippen LogP contribution is 2.26. The Morgan fingerprint density at radius 2 is 1.88 bits per heavy atom. The minimum atomic E-state index is -0.347. The summed E-state index contributed by atoms with van der Waals surface area (Å²) >= 11 is 0. The second kappa shape index (κ2) is 8.61. The first kappa shape index (κ1) is 21.6. The fraction of sp³-hybridized carbons (Fsp3) is 0.400. The van der Waals surface area contributed by atoms with Crippen LogP contribution in [0.3, 0.4) is 0 Å². The lowest BCUT2D eigenvalue weighted by atomic mass is 10.1. The third-order valence-electron chi connectivity index (χ3n) is 6.38. The van der Waals surface area contributed by atoms with Crippen LogP contribution in [0, 0.1) is 13.8 Å². The van der Waals surface area contributed by atoms with Crippen LogP contribution < -0.4 is 10.5 Å².